The second-order valence-electron chi connectivity index (χ2n) is 7.45. The molecule has 1 N–H and O–H groups in total. The number of hydrogen-bond acceptors (Lipinski definition) is 6. The van der Waals surface area contributed by atoms with E-state index in [0.717, 1.165) is 11.1 Å². The van der Waals surface area contributed by atoms with Crippen molar-refractivity contribution in [1.82, 2.24) is 9.80 Å². The smallest absolute Gasteiger partial charge is 0.273 e. The Labute approximate surface area is 180 Å². The maximum atomic E-state index is 12.6. The number of non-ortho nitro benzene ring substituents is 1. The largest absolute Gasteiger partial charge is 0.494 e. The van der Waals surface area contributed by atoms with Gasteiger partial charge in [-0.3, -0.25) is 24.6 Å². The molecule has 1 fully saturated rings. The maximum absolute atomic E-state index is 12.6. The van der Waals surface area contributed by atoms with E-state index in [9.17, 15) is 19.7 Å². The number of aryl methyl sites for hydroxylation is 1. The number of ether oxygens (including phenoxy) is 1. The fourth-order valence-corrected chi connectivity index (χ4v) is 3.53. The zero-order chi connectivity index (χ0) is 22.4. The topological polar surface area (TPSA) is 105 Å². The first kappa shape index (κ1) is 22.2. The highest BCUT2D eigenvalue weighted by Crippen LogP contribution is 2.29. The van der Waals surface area contributed by atoms with Gasteiger partial charge in [0, 0.05) is 32.2 Å². The molecule has 1 heterocycles. The highest BCUT2D eigenvalue weighted by atomic mass is 16.6. The molecule has 0 aliphatic carbocycles. The maximum Gasteiger partial charge on any atom is 0.273 e. The van der Waals surface area contributed by atoms with E-state index < -0.39 is 4.92 Å². The minimum absolute atomic E-state index is 0.0917. The number of carbonyl (C=O) groups excluding carboxylic acids is 2. The molecular formula is C22H26N4O5. The van der Waals surface area contributed by atoms with Crippen molar-refractivity contribution in [3.63, 3.8) is 0 Å². The van der Waals surface area contributed by atoms with Crippen LogP contribution in [0.5, 0.6) is 5.75 Å². The zero-order valence-corrected chi connectivity index (χ0v) is 17.7. The third-order valence-corrected chi connectivity index (χ3v) is 5.37. The summed E-state index contributed by atoms with van der Waals surface area (Å²) in [6.07, 6.45) is 0.382. The first-order valence-corrected chi connectivity index (χ1v) is 10.0. The van der Waals surface area contributed by atoms with Crippen LogP contribution in [0.1, 0.15) is 11.1 Å². The number of hydrogen-bond donors (Lipinski definition) is 1. The predicted molar refractivity (Wildman–Crippen MR) is 116 cm³/mol. The van der Waals surface area contributed by atoms with E-state index in [1.54, 1.807) is 0 Å². The van der Waals surface area contributed by atoms with Gasteiger partial charge in [-0.05, 0) is 24.1 Å². The minimum Gasteiger partial charge on any atom is -0.494 e. The molecule has 1 saturated heterocycles. The number of nitrogens with one attached hydrogen (secondary N) is 1. The molecule has 3 rings (SSSR count). The van der Waals surface area contributed by atoms with Crippen molar-refractivity contribution in [2.24, 2.45) is 0 Å². The molecule has 0 radical (unpaired) electrons. The van der Waals surface area contributed by atoms with Gasteiger partial charge in [0.25, 0.3) is 5.69 Å². The van der Waals surface area contributed by atoms with Gasteiger partial charge in [0.15, 0.2) is 0 Å². The van der Waals surface area contributed by atoms with Crippen LogP contribution >= 0.6 is 0 Å². The van der Waals surface area contributed by atoms with Gasteiger partial charge in [0.1, 0.15) is 5.75 Å². The Morgan fingerprint density at radius 1 is 1.13 bits per heavy atom. The van der Waals surface area contributed by atoms with Crippen LogP contribution < -0.4 is 10.1 Å². The van der Waals surface area contributed by atoms with Gasteiger partial charge < -0.3 is 15.0 Å². The van der Waals surface area contributed by atoms with Crippen molar-refractivity contribution in [3.05, 3.63) is 63.7 Å². The van der Waals surface area contributed by atoms with Crippen molar-refractivity contribution in [3.8, 4) is 5.75 Å². The number of nitro benzene ring substituents is 1. The summed E-state index contributed by atoms with van der Waals surface area (Å²) in [5.74, 6) is 0.0787. The van der Waals surface area contributed by atoms with Crippen molar-refractivity contribution in [2.45, 2.75) is 13.3 Å². The van der Waals surface area contributed by atoms with E-state index in [1.807, 2.05) is 41.0 Å². The third kappa shape index (κ3) is 5.79. The summed E-state index contributed by atoms with van der Waals surface area (Å²) in [6.45, 7) is 4.51. The first-order valence-electron chi connectivity index (χ1n) is 10.0. The number of methoxy groups -OCH3 is 1. The lowest BCUT2D eigenvalue weighted by Crippen LogP contribution is -2.50. The van der Waals surface area contributed by atoms with E-state index >= 15 is 0 Å². The minimum atomic E-state index is -0.520. The Balaban J connectivity index is 1.49. The molecule has 31 heavy (non-hydrogen) atoms. The van der Waals surface area contributed by atoms with Crippen LogP contribution in [-0.2, 0) is 16.0 Å². The van der Waals surface area contributed by atoms with Gasteiger partial charge in [0.2, 0.25) is 11.8 Å². The van der Waals surface area contributed by atoms with Gasteiger partial charge in [-0.25, -0.2) is 0 Å². The first-order chi connectivity index (χ1) is 14.9. The predicted octanol–water partition coefficient (Wildman–Crippen LogP) is 2.24. The number of rotatable bonds is 7. The molecule has 0 saturated carbocycles. The number of carbonyl (C=O) groups is 2. The number of piperazine rings is 1. The summed E-state index contributed by atoms with van der Waals surface area (Å²) in [7, 11) is 1.39. The molecule has 9 heteroatoms. The molecule has 0 atom stereocenters. The average molecular weight is 426 g/mol. The Morgan fingerprint density at radius 3 is 2.48 bits per heavy atom. The van der Waals surface area contributed by atoms with Gasteiger partial charge in [-0.15, -0.1) is 0 Å². The number of amides is 2. The van der Waals surface area contributed by atoms with Crippen molar-refractivity contribution < 1.29 is 19.2 Å². The third-order valence-electron chi connectivity index (χ3n) is 5.37. The van der Waals surface area contributed by atoms with Gasteiger partial charge in [0.05, 0.1) is 36.8 Å². The van der Waals surface area contributed by atoms with Crippen LogP contribution in [0.4, 0.5) is 11.4 Å². The lowest BCUT2D eigenvalue weighted by Gasteiger charge is -2.34. The average Bonchev–Trinajstić information content (AvgIpc) is 2.75. The normalized spacial score (nSPS) is 14.2. The van der Waals surface area contributed by atoms with Gasteiger partial charge in [-0.2, -0.15) is 0 Å². The summed E-state index contributed by atoms with van der Waals surface area (Å²) >= 11 is 0. The molecule has 0 spiro atoms. The molecule has 2 amide bonds. The standard InChI is InChI=1S/C22H26N4O5/c1-16-5-3-4-6-17(16)13-22(28)25-11-9-24(10-12-25)15-21(27)23-19-8-7-18(26(29)30)14-20(19)31-2/h3-8,14H,9-13,15H2,1-2H3,(H,23,27). The van der Waals surface area contributed by atoms with E-state index in [4.69, 9.17) is 4.74 Å². The second kappa shape index (κ2) is 10.0. The summed E-state index contributed by atoms with van der Waals surface area (Å²) in [5.41, 5.74) is 2.41. The van der Waals surface area contributed by atoms with Gasteiger partial charge in [-0.1, -0.05) is 24.3 Å². The van der Waals surface area contributed by atoms with E-state index in [0.29, 0.717) is 38.3 Å². The van der Waals surface area contributed by atoms with Crippen molar-refractivity contribution >= 4 is 23.2 Å². The van der Waals surface area contributed by atoms with Crippen molar-refractivity contribution in [2.75, 3.05) is 45.2 Å². The fourth-order valence-electron chi connectivity index (χ4n) is 3.53. The lowest BCUT2D eigenvalue weighted by atomic mass is 10.1. The quantitative estimate of drug-likeness (QED) is 0.538. The molecule has 1 aliphatic rings. The van der Waals surface area contributed by atoms with Crippen molar-refractivity contribution in [1.29, 1.82) is 0 Å². The van der Waals surface area contributed by atoms with Crippen LogP contribution in [0, 0.1) is 17.0 Å². The number of nitro groups is 1. The van der Waals surface area contributed by atoms with Crippen LogP contribution in [0.2, 0.25) is 0 Å². The van der Waals surface area contributed by atoms with Crippen LogP contribution in [0.25, 0.3) is 0 Å². The summed E-state index contributed by atoms with van der Waals surface area (Å²) in [6, 6.07) is 11.9. The number of anilines is 1. The van der Waals surface area contributed by atoms with Crippen LogP contribution in [-0.4, -0.2) is 66.4 Å². The van der Waals surface area contributed by atoms with Gasteiger partial charge >= 0.3 is 0 Å². The van der Waals surface area contributed by atoms with Crippen LogP contribution in [0.3, 0.4) is 0 Å². The summed E-state index contributed by atoms with van der Waals surface area (Å²) in [5, 5.41) is 13.6. The number of benzene rings is 2. The highest BCUT2D eigenvalue weighted by molar-refractivity contribution is 5.94. The molecule has 0 unspecified atom stereocenters. The molecule has 0 aromatic heterocycles. The molecule has 2 aromatic rings. The molecule has 164 valence electrons. The monoisotopic (exact) mass is 426 g/mol. The van der Waals surface area contributed by atoms with Crippen LogP contribution in [0.15, 0.2) is 42.5 Å². The molecular weight excluding hydrogens is 400 g/mol. The Bertz CT molecular complexity index is 970. The van der Waals surface area contributed by atoms with E-state index in [1.165, 1.54) is 25.3 Å². The SMILES string of the molecule is COc1cc([N+](=O)[O-])ccc1NC(=O)CN1CCN(C(=O)Cc2ccccc2C)CC1. The molecule has 0 bridgehead atoms. The summed E-state index contributed by atoms with van der Waals surface area (Å²) < 4.78 is 5.15. The Morgan fingerprint density at radius 2 is 1.84 bits per heavy atom. The van der Waals surface area contributed by atoms with E-state index in [-0.39, 0.29) is 29.8 Å². The second-order valence-corrected chi connectivity index (χ2v) is 7.45. The molecule has 2 aromatic carbocycles. The number of nitrogens with zero attached hydrogens (tertiary/aromatic N) is 3. The Kier molecular flexibility index (Phi) is 7.19. The molecule has 1 aliphatic heterocycles. The zero-order valence-electron chi connectivity index (χ0n) is 17.7. The highest BCUT2D eigenvalue weighted by Gasteiger charge is 2.23. The lowest BCUT2D eigenvalue weighted by molar-refractivity contribution is -0.384. The van der Waals surface area contributed by atoms with E-state index in [2.05, 4.69) is 5.32 Å². The Hall–Kier alpha value is -3.46. The fraction of sp³-hybridized carbons (Fsp3) is 0.364. The summed E-state index contributed by atoms with van der Waals surface area (Å²) in [4.78, 5) is 39.2. The molecule has 9 nitrogen and oxygen atoms in total.